The number of ether oxygens (including phenoxy) is 6. The van der Waals surface area contributed by atoms with Crippen LogP contribution in [0.25, 0.3) is 0 Å². The fourth-order valence-corrected chi connectivity index (χ4v) is 12.0. The highest BCUT2D eigenvalue weighted by Gasteiger charge is 2.61. The van der Waals surface area contributed by atoms with E-state index in [9.17, 15) is 19.2 Å². The number of nitrogens with one attached hydrogen (secondary N) is 1. The fraction of sp³-hybridized carbons (Fsp3) is 0.860. The first-order valence-electron chi connectivity index (χ1n) is 20.9. The maximum atomic E-state index is 12.9. The smallest absolute Gasteiger partial charge is 0.407 e. The van der Waals surface area contributed by atoms with Crippen LogP contribution in [0.4, 0.5) is 4.79 Å². The van der Waals surface area contributed by atoms with Crippen LogP contribution >= 0.6 is 0 Å². The average molecular weight is 760 g/mol. The Bertz CT molecular complexity index is 1340. The SMILES string of the molecule is C=CCOC(=O)N[C@H]1[C@H](O[C@H]2CC[C@@]3(C)[C@H](CC[C@@H]4[C@@H]3CC[C@]3(C)[C@@H]([C@H](C)CCCC(C)C)CC[C@@H]43)C2)O[C@H](COC(C)=O)[C@@H](OC(C)=O)[C@@H]1OC(C)=O. The maximum Gasteiger partial charge on any atom is 0.407 e. The van der Waals surface area contributed by atoms with Gasteiger partial charge in [0.05, 0.1) is 6.10 Å². The van der Waals surface area contributed by atoms with Crippen molar-refractivity contribution in [2.45, 2.75) is 169 Å². The summed E-state index contributed by atoms with van der Waals surface area (Å²) in [4.78, 5) is 49.5. The van der Waals surface area contributed by atoms with Gasteiger partial charge in [-0.1, -0.05) is 66.5 Å². The van der Waals surface area contributed by atoms with Crippen molar-refractivity contribution in [3.63, 3.8) is 0 Å². The quantitative estimate of drug-likeness (QED) is 0.0805. The Morgan fingerprint density at radius 3 is 2.19 bits per heavy atom. The van der Waals surface area contributed by atoms with Crippen molar-refractivity contribution in [3.05, 3.63) is 12.7 Å². The normalized spacial score (nSPS) is 39.2. The minimum absolute atomic E-state index is 0.0470. The standard InChI is InChI=1S/C43H69NO10/c1-10-22-49-41(48)44-37-39(52-29(7)47)38(51-28(6)46)36(24-50-27(5)45)54-40(37)53-31-18-20-42(8)30(23-31)14-15-32-34-17-16-33(26(4)13-11-12-25(2)3)43(34,9)21-19-35(32)42/h10,25-26,30-40H,1,11-24H2,2-9H3,(H,44,48)/t26-,30-,31+,32+,33-,34+,35+,36-,37-,38-,39-,40-,42+,43-/m1/s1. The Kier molecular flexibility index (Phi) is 14.2. The van der Waals surface area contributed by atoms with E-state index in [1.54, 1.807) is 0 Å². The van der Waals surface area contributed by atoms with Gasteiger partial charge in [0.25, 0.3) is 0 Å². The molecule has 1 amide bonds. The number of carbonyl (C=O) groups is 4. The second-order valence-corrected chi connectivity index (χ2v) is 18.3. The third-order valence-electron chi connectivity index (χ3n) is 14.5. The van der Waals surface area contributed by atoms with Crippen molar-refractivity contribution in [3.8, 4) is 0 Å². The van der Waals surface area contributed by atoms with Gasteiger partial charge in [0.1, 0.15) is 25.4 Å². The van der Waals surface area contributed by atoms with Crippen LogP contribution in [-0.2, 0) is 42.8 Å². The molecule has 0 aromatic carbocycles. The van der Waals surface area contributed by atoms with E-state index >= 15 is 0 Å². The van der Waals surface area contributed by atoms with Gasteiger partial charge in [-0.2, -0.15) is 0 Å². The molecule has 0 unspecified atom stereocenters. The van der Waals surface area contributed by atoms with E-state index < -0.39 is 54.6 Å². The molecular weight excluding hydrogens is 690 g/mol. The Balaban J connectivity index is 1.31. The Morgan fingerprint density at radius 2 is 1.52 bits per heavy atom. The van der Waals surface area contributed by atoms with E-state index in [-0.39, 0.29) is 24.7 Å². The third-order valence-corrected chi connectivity index (χ3v) is 14.5. The molecule has 5 aliphatic rings. The molecular formula is C43H69NO10. The van der Waals surface area contributed by atoms with Gasteiger partial charge in [0, 0.05) is 20.8 Å². The minimum Gasteiger partial charge on any atom is -0.463 e. The number of amides is 1. The molecule has 1 saturated heterocycles. The average Bonchev–Trinajstić information content (AvgIpc) is 3.46. The van der Waals surface area contributed by atoms with Gasteiger partial charge in [0.15, 0.2) is 18.5 Å². The lowest BCUT2D eigenvalue weighted by Crippen LogP contribution is -2.67. The van der Waals surface area contributed by atoms with E-state index in [1.807, 2.05) is 0 Å². The summed E-state index contributed by atoms with van der Waals surface area (Å²) >= 11 is 0. The predicted octanol–water partition coefficient (Wildman–Crippen LogP) is 7.93. The number of hydrogen-bond acceptors (Lipinski definition) is 10. The zero-order valence-electron chi connectivity index (χ0n) is 34.3. The van der Waals surface area contributed by atoms with Gasteiger partial charge in [-0.3, -0.25) is 14.4 Å². The van der Waals surface area contributed by atoms with Crippen molar-refractivity contribution in [1.82, 2.24) is 5.32 Å². The summed E-state index contributed by atoms with van der Waals surface area (Å²) in [5.41, 5.74) is 0.670. The van der Waals surface area contributed by atoms with Gasteiger partial charge in [-0.15, -0.1) is 0 Å². The summed E-state index contributed by atoms with van der Waals surface area (Å²) in [5.74, 6) is 3.30. The molecule has 11 nitrogen and oxygen atoms in total. The summed E-state index contributed by atoms with van der Waals surface area (Å²) in [7, 11) is 0. The molecule has 0 spiro atoms. The molecule has 0 bridgehead atoms. The summed E-state index contributed by atoms with van der Waals surface area (Å²) in [6.45, 7) is 19.4. The molecule has 4 saturated carbocycles. The van der Waals surface area contributed by atoms with Crippen molar-refractivity contribution in [2.75, 3.05) is 13.2 Å². The Morgan fingerprint density at radius 1 is 0.833 bits per heavy atom. The summed E-state index contributed by atoms with van der Waals surface area (Å²) < 4.78 is 35.0. The highest BCUT2D eigenvalue weighted by Crippen LogP contribution is 2.68. The van der Waals surface area contributed by atoms with Gasteiger partial charge in [0.2, 0.25) is 0 Å². The lowest BCUT2D eigenvalue weighted by molar-refractivity contribution is -0.293. The van der Waals surface area contributed by atoms with Crippen molar-refractivity contribution < 1.29 is 47.6 Å². The molecule has 0 radical (unpaired) electrons. The van der Waals surface area contributed by atoms with E-state index in [4.69, 9.17) is 28.4 Å². The molecule has 4 aliphatic carbocycles. The zero-order chi connectivity index (χ0) is 39.4. The van der Waals surface area contributed by atoms with Crippen LogP contribution < -0.4 is 5.32 Å². The molecule has 5 fully saturated rings. The van der Waals surface area contributed by atoms with Gasteiger partial charge in [-0.25, -0.2) is 4.79 Å². The lowest BCUT2D eigenvalue weighted by Gasteiger charge is -2.61. The number of fused-ring (bicyclic) bond motifs is 5. The van der Waals surface area contributed by atoms with Crippen molar-refractivity contribution in [1.29, 1.82) is 0 Å². The van der Waals surface area contributed by atoms with Crippen LogP contribution in [0.5, 0.6) is 0 Å². The molecule has 0 aromatic heterocycles. The number of esters is 3. The molecule has 14 atom stereocenters. The van der Waals surface area contributed by atoms with Gasteiger partial charge in [-0.05, 0) is 110 Å². The molecule has 0 aromatic rings. The number of rotatable bonds is 14. The highest BCUT2D eigenvalue weighted by molar-refractivity contribution is 5.69. The number of carbonyl (C=O) groups excluding carboxylic acids is 4. The summed E-state index contributed by atoms with van der Waals surface area (Å²) in [6, 6.07) is -1.09. The first-order valence-corrected chi connectivity index (χ1v) is 20.9. The summed E-state index contributed by atoms with van der Waals surface area (Å²) in [5, 5.41) is 2.76. The molecule has 306 valence electrons. The molecule has 5 rings (SSSR count). The second-order valence-electron chi connectivity index (χ2n) is 18.3. The lowest BCUT2D eigenvalue weighted by atomic mass is 9.44. The first kappa shape index (κ1) is 42.5. The summed E-state index contributed by atoms with van der Waals surface area (Å²) in [6.07, 6.45) is 10.4. The first-order chi connectivity index (χ1) is 25.6. The van der Waals surface area contributed by atoms with Crippen molar-refractivity contribution in [2.24, 2.45) is 52.3 Å². The number of hydrogen-bond donors (Lipinski definition) is 1. The van der Waals surface area contributed by atoms with Crippen LogP contribution in [0, 0.1) is 52.3 Å². The van der Waals surface area contributed by atoms with E-state index in [0.29, 0.717) is 17.3 Å². The van der Waals surface area contributed by atoms with E-state index in [0.717, 1.165) is 48.9 Å². The van der Waals surface area contributed by atoms with Crippen LogP contribution in [0.15, 0.2) is 12.7 Å². The zero-order valence-corrected chi connectivity index (χ0v) is 34.3. The Hall–Kier alpha value is -2.66. The van der Waals surface area contributed by atoms with Crippen LogP contribution in [0.1, 0.15) is 132 Å². The topological polar surface area (TPSA) is 136 Å². The second kappa shape index (κ2) is 18.1. The van der Waals surface area contributed by atoms with Crippen LogP contribution in [0.2, 0.25) is 0 Å². The fourth-order valence-electron chi connectivity index (χ4n) is 12.0. The van der Waals surface area contributed by atoms with E-state index in [1.165, 1.54) is 84.6 Å². The largest absolute Gasteiger partial charge is 0.463 e. The molecule has 54 heavy (non-hydrogen) atoms. The van der Waals surface area contributed by atoms with Gasteiger partial charge >= 0.3 is 24.0 Å². The van der Waals surface area contributed by atoms with Gasteiger partial charge < -0.3 is 33.7 Å². The number of alkyl carbamates (subject to hydrolysis) is 1. The van der Waals surface area contributed by atoms with Crippen LogP contribution in [0.3, 0.4) is 0 Å². The van der Waals surface area contributed by atoms with Crippen LogP contribution in [-0.4, -0.2) is 74.0 Å². The Labute approximate surface area is 323 Å². The predicted molar refractivity (Wildman–Crippen MR) is 203 cm³/mol. The maximum absolute atomic E-state index is 12.9. The van der Waals surface area contributed by atoms with E-state index in [2.05, 4.69) is 46.5 Å². The van der Waals surface area contributed by atoms with Crippen molar-refractivity contribution >= 4 is 24.0 Å². The highest BCUT2D eigenvalue weighted by atomic mass is 16.7. The minimum atomic E-state index is -1.21. The monoisotopic (exact) mass is 759 g/mol. The molecule has 1 aliphatic heterocycles. The molecule has 1 heterocycles. The third kappa shape index (κ3) is 9.47. The molecule has 11 heteroatoms. The molecule has 1 N–H and O–H groups in total.